The quantitative estimate of drug-likeness (QED) is 0.105. The topological polar surface area (TPSA) is 0 Å². The van der Waals surface area contributed by atoms with Crippen LogP contribution in [-0.4, -0.2) is 32.3 Å². The van der Waals surface area contributed by atoms with Gasteiger partial charge in [-0.1, -0.05) is 245 Å². The van der Waals surface area contributed by atoms with E-state index in [-0.39, 0.29) is 68.2 Å². The van der Waals surface area contributed by atoms with Crippen LogP contribution >= 0.6 is 0 Å². The summed E-state index contributed by atoms with van der Waals surface area (Å²) >= 11 is 0. The Morgan fingerprint density at radius 3 is 0.650 bits per heavy atom. The van der Waals surface area contributed by atoms with E-state index in [9.17, 15) is 0 Å². The molecule has 16 rings (SSSR count). The molecule has 0 aromatic heterocycles. The molecule has 4 fully saturated rings. The van der Waals surface area contributed by atoms with Gasteiger partial charge in [-0.15, -0.1) is 44.5 Å². The number of benzene rings is 8. The Balaban J connectivity index is 0.000000127. The number of halogens is 2. The Morgan fingerprint density at radius 1 is 0.287 bits per heavy atom. The second kappa shape index (κ2) is 25.5. The molecule has 0 spiro atoms. The van der Waals surface area contributed by atoms with E-state index in [4.69, 9.17) is 0 Å². The molecule has 4 aliphatic carbocycles. The van der Waals surface area contributed by atoms with Crippen molar-refractivity contribution in [2.75, 3.05) is 0 Å². The van der Waals surface area contributed by atoms with Crippen LogP contribution in [0.5, 0.6) is 0 Å². The van der Waals surface area contributed by atoms with Crippen molar-refractivity contribution in [1.82, 2.24) is 0 Å². The molecule has 80 heavy (non-hydrogen) atoms. The van der Waals surface area contributed by atoms with E-state index in [1.807, 2.05) is 0 Å². The Labute approximate surface area is 526 Å². The third kappa shape index (κ3) is 10.1. The molecule has 8 aliphatic rings. The van der Waals surface area contributed by atoms with Gasteiger partial charge < -0.3 is 24.8 Å². The molecule has 404 valence electrons. The van der Waals surface area contributed by atoms with Crippen LogP contribution in [0.25, 0.3) is 44.5 Å². The minimum Gasteiger partial charge on any atom is -1.00 e. The van der Waals surface area contributed by atoms with E-state index < -0.39 is 32.3 Å². The average molecular weight is 1220 g/mol. The molecule has 0 saturated carbocycles. The van der Waals surface area contributed by atoms with E-state index in [0.717, 1.165) is 22.2 Å². The van der Waals surface area contributed by atoms with Gasteiger partial charge in [-0.3, -0.25) is 0 Å². The second-order valence-corrected chi connectivity index (χ2v) is 44.4. The zero-order chi connectivity index (χ0) is 51.5. The smallest absolute Gasteiger partial charge is 1.00 e. The van der Waals surface area contributed by atoms with E-state index in [1.165, 1.54) is 165 Å². The molecule has 0 amide bonds. The molecule has 0 bridgehead atoms. The van der Waals surface area contributed by atoms with Crippen LogP contribution in [0.1, 0.15) is 120 Å². The van der Waals surface area contributed by atoms with Crippen molar-refractivity contribution in [2.24, 2.45) is 0 Å². The first-order chi connectivity index (χ1) is 37.4. The fourth-order valence-electron chi connectivity index (χ4n) is 16.7. The van der Waals surface area contributed by atoms with Crippen molar-refractivity contribution in [3.8, 4) is 44.5 Å². The fraction of sp³-hybridized carbons (Fsp3) is 0.333. The van der Waals surface area contributed by atoms with Crippen molar-refractivity contribution in [3.05, 3.63) is 239 Å². The van der Waals surface area contributed by atoms with Gasteiger partial charge in [-0.05, 0) is 44.4 Å². The Morgan fingerprint density at radius 2 is 0.475 bits per heavy atom. The predicted molar refractivity (Wildman–Crippen MR) is 332 cm³/mol. The number of rotatable bonds is 8. The average Bonchev–Trinajstić information content (AvgIpc) is 4.22. The first-order valence-corrected chi connectivity index (χ1v) is 40.6. The molecular weight excluding hydrogens is 1140 g/mol. The van der Waals surface area contributed by atoms with Gasteiger partial charge in [-0.2, -0.15) is 97.1 Å². The summed E-state index contributed by atoms with van der Waals surface area (Å²) in [6, 6.07) is 94.6. The SMILES string of the molecule is CC[Si]1(C2c3[c-]cccc3-c3ccccc32)CCC1.CC[Si]1(C2c3[c-]cccc3-c3ccccc32)CCC1.CC[Si]1(C2c3[c-]cccc3-c3ccccc32)CCC1.CC[Si]1(C2c3[c-]cccc3-c3ccccc32)CCC1.[Cl-].[Cl-].[Ti+2].[Ti+2]. The van der Waals surface area contributed by atoms with Crippen LogP contribution in [0.2, 0.25) is 72.5 Å². The van der Waals surface area contributed by atoms with Crippen molar-refractivity contribution in [3.63, 3.8) is 0 Å². The molecule has 4 aliphatic heterocycles. The van der Waals surface area contributed by atoms with E-state index in [2.05, 4.69) is 222 Å². The molecule has 0 nitrogen and oxygen atoms in total. The molecular formula is C72H76Cl2Si4Ti2-2. The maximum absolute atomic E-state index is 3.59. The third-order valence-electron chi connectivity index (χ3n) is 21.6. The zero-order valence-corrected chi connectivity index (χ0v) is 56.2. The van der Waals surface area contributed by atoms with Crippen LogP contribution in [0.3, 0.4) is 0 Å². The summed E-state index contributed by atoms with van der Waals surface area (Å²) in [7, 11) is -4.47. The van der Waals surface area contributed by atoms with Gasteiger partial charge in [0.2, 0.25) is 0 Å². The summed E-state index contributed by atoms with van der Waals surface area (Å²) in [5.74, 6) is 0. The summed E-state index contributed by atoms with van der Waals surface area (Å²) in [5.41, 5.74) is 27.1. The summed E-state index contributed by atoms with van der Waals surface area (Å²) in [5, 5.41) is 0. The second-order valence-electron chi connectivity index (χ2n) is 24.3. The fourth-order valence-corrected chi connectivity index (χ4v) is 35.6. The standard InChI is InChI=1S/4C18H19Si.2ClH.2Ti/c4*1-2-19(12-7-13-19)18-16-10-5-3-8-14(16)15-9-4-6-11-17(15)18;;;;/h4*3-6,8-10,18H,2,7,12-13H2,1H3;2*1H;;/q4*-1;;;2*+2/p-2. The minimum absolute atomic E-state index is 0. The summed E-state index contributed by atoms with van der Waals surface area (Å²) in [6.07, 6.45) is 5.84. The van der Waals surface area contributed by atoms with Gasteiger partial charge in [0.15, 0.2) is 0 Å². The van der Waals surface area contributed by atoms with Gasteiger partial charge >= 0.3 is 43.4 Å². The van der Waals surface area contributed by atoms with Crippen LogP contribution in [0, 0.1) is 24.3 Å². The Bertz CT molecular complexity index is 2780. The number of hydrogen-bond donors (Lipinski definition) is 0. The van der Waals surface area contributed by atoms with Crippen molar-refractivity contribution >= 4 is 32.3 Å². The van der Waals surface area contributed by atoms with Crippen molar-refractivity contribution in [1.29, 1.82) is 0 Å². The predicted octanol–water partition coefficient (Wildman–Crippen LogP) is 14.0. The Hall–Kier alpha value is -3.36. The normalized spacial score (nSPS) is 21.4. The first kappa shape index (κ1) is 61.2. The molecule has 4 unspecified atom stereocenters. The van der Waals surface area contributed by atoms with Crippen LogP contribution in [-0.2, 0) is 43.4 Å². The first-order valence-electron chi connectivity index (χ1n) is 29.8. The maximum atomic E-state index is 3.59. The van der Waals surface area contributed by atoms with Crippen LogP contribution < -0.4 is 24.8 Å². The summed E-state index contributed by atoms with van der Waals surface area (Å²) in [6.45, 7) is 9.70. The number of hydrogen-bond acceptors (Lipinski definition) is 0. The summed E-state index contributed by atoms with van der Waals surface area (Å²) in [4.78, 5) is 0. The summed E-state index contributed by atoms with van der Waals surface area (Å²) < 4.78 is 0. The molecule has 8 aromatic carbocycles. The van der Waals surface area contributed by atoms with Crippen molar-refractivity contribution < 1.29 is 68.2 Å². The number of fused-ring (bicyclic) bond motifs is 12. The van der Waals surface area contributed by atoms with E-state index in [1.54, 1.807) is 22.3 Å². The van der Waals surface area contributed by atoms with E-state index >= 15 is 0 Å². The molecule has 4 saturated heterocycles. The zero-order valence-electron chi connectivity index (χ0n) is 47.5. The van der Waals surface area contributed by atoms with Gasteiger partial charge in [0.1, 0.15) is 0 Å². The third-order valence-corrected chi connectivity index (χ3v) is 45.3. The van der Waals surface area contributed by atoms with Gasteiger partial charge in [0, 0.05) is 0 Å². The minimum atomic E-state index is -1.12. The largest absolute Gasteiger partial charge is 2.00 e. The maximum Gasteiger partial charge on any atom is 2.00 e. The van der Waals surface area contributed by atoms with Gasteiger partial charge in [0.05, 0.1) is 32.3 Å². The molecule has 4 atom stereocenters. The molecule has 0 N–H and O–H groups in total. The molecule has 8 aromatic rings. The molecule has 8 heteroatoms. The van der Waals surface area contributed by atoms with Crippen LogP contribution in [0.4, 0.5) is 0 Å². The van der Waals surface area contributed by atoms with Gasteiger partial charge in [0.25, 0.3) is 0 Å². The molecule has 4 heterocycles. The molecule has 0 radical (unpaired) electrons. The Kier molecular flexibility index (Phi) is 19.5. The van der Waals surface area contributed by atoms with Crippen molar-refractivity contribution in [2.45, 2.75) is 148 Å². The van der Waals surface area contributed by atoms with Gasteiger partial charge in [-0.25, -0.2) is 0 Å². The monoisotopic (exact) mass is 1220 g/mol. The van der Waals surface area contributed by atoms with E-state index in [0.29, 0.717) is 0 Å². The van der Waals surface area contributed by atoms with Crippen LogP contribution in [0.15, 0.2) is 170 Å².